The van der Waals surface area contributed by atoms with Gasteiger partial charge in [0.05, 0.1) is 10.6 Å². The predicted molar refractivity (Wildman–Crippen MR) is 117 cm³/mol. The van der Waals surface area contributed by atoms with Crippen LogP contribution in [0, 0.1) is 0 Å². The van der Waals surface area contributed by atoms with Crippen molar-refractivity contribution in [1.82, 2.24) is 9.97 Å². The van der Waals surface area contributed by atoms with E-state index in [0.717, 1.165) is 10.9 Å². The number of nitrogens with zero attached hydrogens (tertiary/aromatic N) is 2. The average molecular weight is 418 g/mol. The topological polar surface area (TPSA) is 101 Å². The van der Waals surface area contributed by atoms with Crippen LogP contribution in [0.1, 0.15) is 6.92 Å². The zero-order chi connectivity index (χ0) is 21.1. The normalized spacial score (nSPS) is 11.2. The van der Waals surface area contributed by atoms with Gasteiger partial charge in [0.1, 0.15) is 5.82 Å². The molecule has 0 bridgehead atoms. The van der Waals surface area contributed by atoms with Crippen LogP contribution in [0.15, 0.2) is 84.0 Å². The largest absolute Gasteiger partial charge is 0.326 e. The van der Waals surface area contributed by atoms with Crippen LogP contribution in [0.4, 0.5) is 11.5 Å². The highest BCUT2D eigenvalue weighted by Gasteiger charge is 2.18. The first-order chi connectivity index (χ1) is 14.4. The van der Waals surface area contributed by atoms with E-state index in [4.69, 9.17) is 0 Å². The van der Waals surface area contributed by atoms with Gasteiger partial charge in [-0.05, 0) is 41.8 Å². The first kappa shape index (κ1) is 19.5. The highest BCUT2D eigenvalue weighted by atomic mass is 32.2. The highest BCUT2D eigenvalue weighted by molar-refractivity contribution is 7.92. The third-order valence-corrected chi connectivity index (χ3v) is 5.77. The van der Waals surface area contributed by atoms with E-state index in [1.54, 1.807) is 12.4 Å². The lowest BCUT2D eigenvalue weighted by molar-refractivity contribution is -0.114. The number of hydrogen-bond acceptors (Lipinski definition) is 5. The van der Waals surface area contributed by atoms with Gasteiger partial charge in [-0.1, -0.05) is 30.3 Å². The fourth-order valence-corrected chi connectivity index (χ4v) is 4.05. The Kier molecular flexibility index (Phi) is 5.16. The summed E-state index contributed by atoms with van der Waals surface area (Å²) in [5.41, 5.74) is 2.03. The molecule has 30 heavy (non-hydrogen) atoms. The zero-order valence-electron chi connectivity index (χ0n) is 16.0. The van der Waals surface area contributed by atoms with Crippen molar-refractivity contribution in [2.45, 2.75) is 11.8 Å². The van der Waals surface area contributed by atoms with Crippen molar-refractivity contribution in [3.8, 4) is 11.3 Å². The van der Waals surface area contributed by atoms with E-state index in [2.05, 4.69) is 20.0 Å². The number of pyridine rings is 2. The number of anilines is 2. The molecule has 2 aromatic carbocycles. The molecule has 8 heteroatoms. The summed E-state index contributed by atoms with van der Waals surface area (Å²) in [6.45, 7) is 1.39. The first-order valence-electron chi connectivity index (χ1n) is 9.13. The van der Waals surface area contributed by atoms with Gasteiger partial charge in [0.15, 0.2) is 0 Å². The molecule has 4 rings (SSSR count). The molecule has 2 heterocycles. The number of sulfonamides is 1. The molecule has 0 radical (unpaired) electrons. The second-order valence-electron chi connectivity index (χ2n) is 6.63. The van der Waals surface area contributed by atoms with Crippen LogP contribution >= 0.6 is 0 Å². The highest BCUT2D eigenvalue weighted by Crippen LogP contribution is 2.29. The molecule has 150 valence electrons. The fraction of sp³-hybridized carbons (Fsp3) is 0.0455. The summed E-state index contributed by atoms with van der Waals surface area (Å²) in [6, 6.07) is 19.1. The summed E-state index contributed by atoms with van der Waals surface area (Å²) < 4.78 is 28.5. The summed E-state index contributed by atoms with van der Waals surface area (Å²) in [7, 11) is -3.90. The van der Waals surface area contributed by atoms with Crippen LogP contribution in [-0.4, -0.2) is 24.3 Å². The monoisotopic (exact) mass is 418 g/mol. The minimum Gasteiger partial charge on any atom is -0.326 e. The van der Waals surface area contributed by atoms with Crippen LogP contribution < -0.4 is 10.0 Å². The Morgan fingerprint density at radius 1 is 0.967 bits per heavy atom. The lowest BCUT2D eigenvalue weighted by atomic mass is 10.1. The summed E-state index contributed by atoms with van der Waals surface area (Å²) in [5, 5.41) is 4.02. The van der Waals surface area contributed by atoms with E-state index in [0.29, 0.717) is 16.8 Å². The number of fused-ring (bicyclic) bond motifs is 1. The molecular weight excluding hydrogens is 400 g/mol. The van der Waals surface area contributed by atoms with E-state index in [1.807, 2.05) is 42.5 Å². The molecule has 0 unspecified atom stereocenters. The van der Waals surface area contributed by atoms with E-state index >= 15 is 0 Å². The van der Waals surface area contributed by atoms with Crippen LogP contribution in [-0.2, 0) is 14.8 Å². The Labute approximate surface area is 173 Å². The van der Waals surface area contributed by atoms with Gasteiger partial charge in [-0.25, -0.2) is 13.4 Å². The minimum absolute atomic E-state index is 0.0561. The molecule has 0 saturated carbocycles. The molecule has 4 aromatic rings. The van der Waals surface area contributed by atoms with Crippen molar-refractivity contribution < 1.29 is 13.2 Å². The maximum Gasteiger partial charge on any atom is 0.263 e. The van der Waals surface area contributed by atoms with Gasteiger partial charge in [-0.2, -0.15) is 0 Å². The third kappa shape index (κ3) is 4.13. The first-order valence-corrected chi connectivity index (χ1v) is 10.6. The number of amides is 1. The molecule has 0 fully saturated rings. The Morgan fingerprint density at radius 3 is 2.40 bits per heavy atom. The Morgan fingerprint density at radius 2 is 1.70 bits per heavy atom. The lowest BCUT2D eigenvalue weighted by Gasteiger charge is -2.12. The van der Waals surface area contributed by atoms with E-state index in [-0.39, 0.29) is 16.6 Å². The summed E-state index contributed by atoms with van der Waals surface area (Å²) in [6.07, 6.45) is 3.23. The number of carbonyl (C=O) groups is 1. The molecule has 7 nitrogen and oxygen atoms in total. The summed E-state index contributed by atoms with van der Waals surface area (Å²) in [4.78, 5) is 19.9. The maximum absolute atomic E-state index is 13.0. The number of benzene rings is 2. The molecule has 2 aromatic heterocycles. The van der Waals surface area contributed by atoms with Crippen molar-refractivity contribution in [3.05, 3.63) is 79.1 Å². The molecule has 0 aliphatic carbocycles. The number of hydrogen-bond donors (Lipinski definition) is 2. The third-order valence-electron chi connectivity index (χ3n) is 4.42. The number of nitrogens with one attached hydrogen (secondary N) is 2. The second-order valence-corrected chi connectivity index (χ2v) is 8.31. The van der Waals surface area contributed by atoms with Crippen molar-refractivity contribution in [2.75, 3.05) is 10.0 Å². The fourth-order valence-electron chi connectivity index (χ4n) is 3.03. The van der Waals surface area contributed by atoms with Gasteiger partial charge in [0.25, 0.3) is 10.0 Å². The Hall–Kier alpha value is -3.78. The molecule has 0 saturated heterocycles. The van der Waals surface area contributed by atoms with Crippen LogP contribution in [0.2, 0.25) is 0 Å². The molecule has 0 spiro atoms. The molecule has 2 N–H and O–H groups in total. The van der Waals surface area contributed by atoms with Crippen molar-refractivity contribution in [2.24, 2.45) is 0 Å². The van der Waals surface area contributed by atoms with Gasteiger partial charge in [-0.3, -0.25) is 14.5 Å². The quantitative estimate of drug-likeness (QED) is 0.509. The summed E-state index contributed by atoms with van der Waals surface area (Å²) >= 11 is 0. The zero-order valence-corrected chi connectivity index (χ0v) is 16.8. The van der Waals surface area contributed by atoms with Crippen LogP contribution in [0.5, 0.6) is 0 Å². The standard InChI is InChI=1S/C22H18N4O3S/c1-15(27)24-18-7-9-19(10-8-18)30(28,29)26-22-20-14-23-12-11-17(20)13-21(25-22)16-5-3-2-4-6-16/h2-14H,1H3,(H,24,27)(H,25,26). The van der Waals surface area contributed by atoms with Gasteiger partial charge in [0.2, 0.25) is 5.91 Å². The average Bonchev–Trinajstić information content (AvgIpc) is 2.74. The van der Waals surface area contributed by atoms with Gasteiger partial charge >= 0.3 is 0 Å². The van der Waals surface area contributed by atoms with Gasteiger partial charge in [-0.15, -0.1) is 0 Å². The van der Waals surface area contributed by atoms with Crippen LogP contribution in [0.25, 0.3) is 22.0 Å². The number of carbonyl (C=O) groups excluding carboxylic acids is 1. The SMILES string of the molecule is CC(=O)Nc1ccc(S(=O)(=O)Nc2nc(-c3ccccc3)cc3ccncc23)cc1. The second kappa shape index (κ2) is 7.92. The molecule has 0 atom stereocenters. The van der Waals surface area contributed by atoms with Gasteiger partial charge in [0, 0.05) is 36.0 Å². The molecular formula is C22H18N4O3S. The van der Waals surface area contributed by atoms with Crippen molar-refractivity contribution in [1.29, 1.82) is 0 Å². The van der Waals surface area contributed by atoms with E-state index in [9.17, 15) is 13.2 Å². The predicted octanol–water partition coefficient (Wildman–Crippen LogP) is 4.06. The van der Waals surface area contributed by atoms with E-state index in [1.165, 1.54) is 31.2 Å². The Balaban J connectivity index is 1.74. The number of rotatable bonds is 5. The Bertz CT molecular complexity index is 1320. The number of aromatic nitrogens is 2. The molecule has 0 aliphatic rings. The van der Waals surface area contributed by atoms with E-state index < -0.39 is 10.0 Å². The van der Waals surface area contributed by atoms with Crippen molar-refractivity contribution >= 4 is 38.2 Å². The van der Waals surface area contributed by atoms with Crippen molar-refractivity contribution in [3.63, 3.8) is 0 Å². The van der Waals surface area contributed by atoms with Crippen LogP contribution in [0.3, 0.4) is 0 Å². The maximum atomic E-state index is 13.0. The smallest absolute Gasteiger partial charge is 0.263 e. The minimum atomic E-state index is -3.90. The lowest BCUT2D eigenvalue weighted by Crippen LogP contribution is -2.15. The van der Waals surface area contributed by atoms with Gasteiger partial charge < -0.3 is 5.32 Å². The molecule has 1 amide bonds. The molecule has 0 aliphatic heterocycles. The summed E-state index contributed by atoms with van der Waals surface area (Å²) in [5.74, 6) is -0.0324.